The van der Waals surface area contributed by atoms with Gasteiger partial charge in [0.2, 0.25) is 0 Å². The molecule has 0 atom stereocenters. The molecule has 6 nitrogen and oxygen atoms in total. The lowest BCUT2D eigenvalue weighted by Gasteiger charge is -2.04. The van der Waals surface area contributed by atoms with Crippen LogP contribution in [0.3, 0.4) is 0 Å². The van der Waals surface area contributed by atoms with Gasteiger partial charge < -0.3 is 19.5 Å². The van der Waals surface area contributed by atoms with E-state index in [0.717, 1.165) is 0 Å². The van der Waals surface area contributed by atoms with Crippen molar-refractivity contribution in [3.05, 3.63) is 29.3 Å². The van der Waals surface area contributed by atoms with Crippen LogP contribution in [0.15, 0.2) is 23.6 Å². The number of anilines is 2. The predicted octanol–water partition coefficient (Wildman–Crippen LogP) is 2.99. The molecule has 0 saturated heterocycles. The van der Waals surface area contributed by atoms with Gasteiger partial charge in [0.1, 0.15) is 0 Å². The molecule has 9 heteroatoms. The second-order valence-electron chi connectivity index (χ2n) is 3.98. The Morgan fingerprint density at radius 2 is 2.14 bits per heavy atom. The first kappa shape index (κ1) is 13.6. The third-order valence-electron chi connectivity index (χ3n) is 2.55. The monoisotopic (exact) mass is 314 g/mol. The lowest BCUT2D eigenvalue weighted by molar-refractivity contribution is -0.286. The van der Waals surface area contributed by atoms with E-state index < -0.39 is 12.3 Å². The molecular weight excluding hydrogens is 306 g/mol. The molecule has 0 fully saturated rings. The van der Waals surface area contributed by atoms with E-state index in [9.17, 15) is 13.6 Å². The fraction of sp³-hybridized carbons (Fsp3) is 0.167. The van der Waals surface area contributed by atoms with Crippen molar-refractivity contribution in [3.8, 4) is 11.5 Å². The molecule has 0 unspecified atom stereocenters. The number of nitrogens with zero attached hydrogens (tertiary/aromatic N) is 1. The topological polar surface area (TPSA) is 69.7 Å². The van der Waals surface area contributed by atoms with Crippen LogP contribution in [0.2, 0.25) is 0 Å². The molecule has 0 aliphatic carbocycles. The van der Waals surface area contributed by atoms with Gasteiger partial charge in [-0.15, -0.1) is 20.1 Å². The number of rotatable bonds is 3. The molecule has 0 radical (unpaired) electrons. The Labute approximate surface area is 121 Å². The van der Waals surface area contributed by atoms with Crippen LogP contribution in [0.5, 0.6) is 11.5 Å². The second-order valence-corrected chi connectivity index (χ2v) is 4.84. The minimum atomic E-state index is -3.65. The molecule has 2 aromatic rings. The van der Waals surface area contributed by atoms with Gasteiger partial charge in [0.15, 0.2) is 22.3 Å². The highest BCUT2D eigenvalue weighted by molar-refractivity contribution is 7.14. The maximum atomic E-state index is 12.9. The first-order chi connectivity index (χ1) is 9.97. The number of hydrogen-bond donors (Lipinski definition) is 1. The number of carbonyl (C=O) groups excluding carboxylic acids is 1. The van der Waals surface area contributed by atoms with Crippen LogP contribution in [0.1, 0.15) is 10.5 Å². The van der Waals surface area contributed by atoms with E-state index in [4.69, 9.17) is 0 Å². The van der Waals surface area contributed by atoms with Gasteiger partial charge in [-0.1, -0.05) is 0 Å². The first-order valence-electron chi connectivity index (χ1n) is 5.67. The molecule has 2 heterocycles. The number of esters is 1. The zero-order valence-corrected chi connectivity index (χ0v) is 11.4. The number of alkyl halides is 2. The average Bonchev–Trinajstić information content (AvgIpc) is 3.00. The average molecular weight is 314 g/mol. The highest BCUT2D eigenvalue weighted by Crippen LogP contribution is 2.42. The minimum absolute atomic E-state index is 0.0417. The van der Waals surface area contributed by atoms with E-state index in [-0.39, 0.29) is 17.2 Å². The third-order valence-corrected chi connectivity index (χ3v) is 3.31. The Morgan fingerprint density at radius 1 is 1.38 bits per heavy atom. The molecular formula is C12H8F2N2O4S. The number of carbonyl (C=O) groups is 1. The number of halogens is 2. The van der Waals surface area contributed by atoms with Gasteiger partial charge in [-0.05, 0) is 12.1 Å². The van der Waals surface area contributed by atoms with Crippen molar-refractivity contribution in [1.82, 2.24) is 4.98 Å². The number of hydrogen-bond acceptors (Lipinski definition) is 7. The number of fused-ring (bicyclic) bond motifs is 1. The summed E-state index contributed by atoms with van der Waals surface area (Å²) < 4.78 is 39.0. The quantitative estimate of drug-likeness (QED) is 0.878. The van der Waals surface area contributed by atoms with E-state index in [1.165, 1.54) is 42.0 Å². The molecule has 0 amide bonds. The van der Waals surface area contributed by atoms with Crippen molar-refractivity contribution in [2.24, 2.45) is 0 Å². The third kappa shape index (κ3) is 2.72. The molecule has 0 spiro atoms. The van der Waals surface area contributed by atoms with Gasteiger partial charge in [0, 0.05) is 17.1 Å². The Bertz CT molecular complexity index is 704. The Morgan fingerprint density at radius 3 is 2.90 bits per heavy atom. The van der Waals surface area contributed by atoms with E-state index in [1.54, 1.807) is 0 Å². The van der Waals surface area contributed by atoms with Gasteiger partial charge in [0.25, 0.3) is 0 Å². The lowest BCUT2D eigenvalue weighted by atomic mass is 10.3. The highest BCUT2D eigenvalue weighted by atomic mass is 32.1. The number of benzene rings is 1. The van der Waals surface area contributed by atoms with Crippen LogP contribution in [-0.4, -0.2) is 24.4 Å². The summed E-state index contributed by atoms with van der Waals surface area (Å²) in [5.41, 5.74) is 0.637. The Balaban J connectivity index is 1.78. The number of thiazole rings is 1. The minimum Gasteiger partial charge on any atom is -0.464 e. The van der Waals surface area contributed by atoms with Gasteiger partial charge in [0.05, 0.1) is 7.11 Å². The molecule has 0 saturated carbocycles. The molecule has 3 rings (SSSR count). The van der Waals surface area contributed by atoms with Crippen LogP contribution in [0, 0.1) is 0 Å². The number of methoxy groups -OCH3 is 1. The normalized spacial score (nSPS) is 14.8. The van der Waals surface area contributed by atoms with Gasteiger partial charge in [-0.25, -0.2) is 9.78 Å². The lowest BCUT2D eigenvalue weighted by Crippen LogP contribution is -2.25. The summed E-state index contributed by atoms with van der Waals surface area (Å²) in [6.07, 6.45) is -3.65. The zero-order valence-electron chi connectivity index (χ0n) is 10.6. The molecule has 1 N–H and O–H groups in total. The standard InChI is InChI=1S/C12H8F2N2O4S/c1-18-10(17)7-5-21-11(16-7)15-6-2-3-8-9(4-6)20-12(13,14)19-8/h2-5H,1H3,(H,15,16). The molecule has 21 heavy (non-hydrogen) atoms. The van der Waals surface area contributed by atoms with Crippen molar-refractivity contribution in [2.75, 3.05) is 12.4 Å². The molecule has 1 aromatic carbocycles. The van der Waals surface area contributed by atoms with Crippen molar-refractivity contribution in [1.29, 1.82) is 0 Å². The molecule has 1 aliphatic heterocycles. The van der Waals surface area contributed by atoms with Crippen LogP contribution in [-0.2, 0) is 4.74 Å². The Hall–Kier alpha value is -2.42. The number of aromatic nitrogens is 1. The number of ether oxygens (including phenoxy) is 3. The SMILES string of the molecule is COC(=O)c1csc(Nc2ccc3c(c2)OC(F)(F)O3)n1. The predicted molar refractivity (Wildman–Crippen MR) is 69.4 cm³/mol. The van der Waals surface area contributed by atoms with Gasteiger partial charge in [-0.3, -0.25) is 0 Å². The van der Waals surface area contributed by atoms with Crippen molar-refractivity contribution in [2.45, 2.75) is 6.29 Å². The zero-order chi connectivity index (χ0) is 15.0. The summed E-state index contributed by atoms with van der Waals surface area (Å²) in [6.45, 7) is 0. The van der Waals surface area contributed by atoms with E-state index >= 15 is 0 Å². The van der Waals surface area contributed by atoms with Gasteiger partial charge in [-0.2, -0.15) is 0 Å². The Kier molecular flexibility index (Phi) is 3.13. The van der Waals surface area contributed by atoms with Crippen LogP contribution >= 0.6 is 11.3 Å². The summed E-state index contributed by atoms with van der Waals surface area (Å²) >= 11 is 1.18. The second kappa shape index (κ2) is 4.85. The van der Waals surface area contributed by atoms with Crippen molar-refractivity contribution in [3.63, 3.8) is 0 Å². The van der Waals surface area contributed by atoms with E-state index in [2.05, 4.69) is 24.5 Å². The summed E-state index contributed by atoms with van der Waals surface area (Å²) in [7, 11) is 1.26. The summed E-state index contributed by atoms with van der Waals surface area (Å²) in [6, 6.07) is 4.24. The van der Waals surface area contributed by atoms with E-state index in [1.807, 2.05) is 0 Å². The highest BCUT2D eigenvalue weighted by Gasteiger charge is 2.43. The summed E-state index contributed by atoms with van der Waals surface area (Å²) in [5.74, 6) is -0.667. The summed E-state index contributed by atoms with van der Waals surface area (Å²) in [5, 5.41) is 4.82. The first-order valence-corrected chi connectivity index (χ1v) is 6.55. The van der Waals surface area contributed by atoms with Crippen LogP contribution < -0.4 is 14.8 Å². The number of nitrogens with one attached hydrogen (secondary N) is 1. The van der Waals surface area contributed by atoms with Crippen LogP contribution in [0.25, 0.3) is 0 Å². The van der Waals surface area contributed by atoms with Gasteiger partial charge >= 0.3 is 12.3 Å². The molecule has 110 valence electrons. The van der Waals surface area contributed by atoms with Crippen molar-refractivity contribution < 1.29 is 27.8 Å². The van der Waals surface area contributed by atoms with Crippen LogP contribution in [0.4, 0.5) is 19.6 Å². The largest absolute Gasteiger partial charge is 0.586 e. The summed E-state index contributed by atoms with van der Waals surface area (Å²) in [4.78, 5) is 15.3. The fourth-order valence-corrected chi connectivity index (χ4v) is 2.38. The molecule has 1 aliphatic rings. The van der Waals surface area contributed by atoms with Crippen molar-refractivity contribution >= 4 is 28.1 Å². The maximum absolute atomic E-state index is 12.9. The van der Waals surface area contributed by atoms with E-state index in [0.29, 0.717) is 10.8 Å². The molecule has 0 bridgehead atoms. The molecule has 1 aromatic heterocycles. The fourth-order valence-electron chi connectivity index (χ4n) is 1.68. The maximum Gasteiger partial charge on any atom is 0.586 e. The smallest absolute Gasteiger partial charge is 0.464 e.